The third-order valence-electron chi connectivity index (χ3n) is 5.15. The number of hydrogen-bond acceptors (Lipinski definition) is 7. The van der Waals surface area contributed by atoms with Crippen LogP contribution in [-0.2, 0) is 4.74 Å². The number of amides is 1. The van der Waals surface area contributed by atoms with E-state index in [-0.39, 0.29) is 5.91 Å². The minimum atomic E-state index is -0.264. The third-order valence-corrected chi connectivity index (χ3v) is 6.22. The van der Waals surface area contributed by atoms with Crippen LogP contribution >= 0.6 is 11.3 Å². The number of thiazole rings is 1. The number of aryl methyl sites for hydroxylation is 1. The minimum Gasteiger partial charge on any atom is -0.378 e. The molecule has 1 amide bonds. The van der Waals surface area contributed by atoms with Crippen molar-refractivity contribution in [1.82, 2.24) is 15.0 Å². The lowest BCUT2D eigenvalue weighted by molar-refractivity contribution is 0.102. The number of hydrogen-bond donors (Lipinski definition) is 1. The predicted octanol–water partition coefficient (Wildman–Crippen LogP) is 4.15. The molecule has 0 saturated carbocycles. The molecule has 7 nitrogen and oxygen atoms in total. The molecule has 0 unspecified atom stereocenters. The van der Waals surface area contributed by atoms with Crippen LogP contribution in [0.1, 0.15) is 16.1 Å². The molecule has 31 heavy (non-hydrogen) atoms. The molecular weight excluding hydrogens is 410 g/mol. The molecule has 3 heterocycles. The van der Waals surface area contributed by atoms with Gasteiger partial charge in [0.05, 0.1) is 23.4 Å². The average Bonchev–Trinajstić information content (AvgIpc) is 3.23. The van der Waals surface area contributed by atoms with E-state index >= 15 is 0 Å². The van der Waals surface area contributed by atoms with Crippen LogP contribution in [0.3, 0.4) is 0 Å². The van der Waals surface area contributed by atoms with E-state index in [1.54, 1.807) is 17.4 Å². The number of aromatic nitrogens is 3. The number of ether oxygens (including phenoxy) is 1. The van der Waals surface area contributed by atoms with Gasteiger partial charge in [-0.05, 0) is 48.9 Å². The lowest BCUT2D eigenvalue weighted by Crippen LogP contribution is -2.37. The van der Waals surface area contributed by atoms with E-state index in [0.29, 0.717) is 24.6 Å². The number of carbonyl (C=O) groups is 1. The zero-order valence-corrected chi connectivity index (χ0v) is 17.9. The first-order chi connectivity index (χ1) is 15.2. The third kappa shape index (κ3) is 4.26. The van der Waals surface area contributed by atoms with E-state index in [4.69, 9.17) is 9.72 Å². The van der Waals surface area contributed by atoms with Crippen molar-refractivity contribution in [3.63, 3.8) is 0 Å². The minimum absolute atomic E-state index is 0.264. The molecule has 2 aromatic heterocycles. The second-order valence-corrected chi connectivity index (χ2v) is 8.41. The summed E-state index contributed by atoms with van der Waals surface area (Å²) in [6, 6.07) is 15.7. The predicted molar refractivity (Wildman–Crippen MR) is 123 cm³/mol. The quantitative estimate of drug-likeness (QED) is 0.523. The summed E-state index contributed by atoms with van der Waals surface area (Å²) in [6.45, 7) is 4.91. The Morgan fingerprint density at radius 3 is 2.68 bits per heavy atom. The molecule has 1 fully saturated rings. The molecule has 4 aromatic rings. The molecule has 8 heteroatoms. The van der Waals surface area contributed by atoms with E-state index in [9.17, 15) is 4.79 Å². The topological polar surface area (TPSA) is 80.2 Å². The van der Waals surface area contributed by atoms with E-state index in [1.165, 1.54) is 16.6 Å². The van der Waals surface area contributed by atoms with Gasteiger partial charge in [-0.2, -0.15) is 0 Å². The first-order valence-corrected chi connectivity index (χ1v) is 10.9. The largest absolute Gasteiger partial charge is 0.378 e. The van der Waals surface area contributed by atoms with Gasteiger partial charge >= 0.3 is 0 Å². The van der Waals surface area contributed by atoms with Crippen LogP contribution in [0.4, 0.5) is 11.5 Å². The van der Waals surface area contributed by atoms with Crippen molar-refractivity contribution in [3.05, 3.63) is 66.1 Å². The normalized spacial score (nSPS) is 14.0. The standard InChI is InChI=1S/C23H21N5O2S/c1-15-2-7-18-20(12-15)31-23(27-18)16-3-5-17(6-4-16)26-22(29)19-13-21(25-14-24-19)28-8-10-30-11-9-28/h2-7,12-14H,8-11H2,1H3,(H,26,29). The van der Waals surface area contributed by atoms with Crippen molar-refractivity contribution in [2.24, 2.45) is 0 Å². The molecule has 0 aliphatic carbocycles. The Morgan fingerprint density at radius 2 is 1.87 bits per heavy atom. The van der Waals surface area contributed by atoms with E-state index in [1.807, 2.05) is 30.3 Å². The highest BCUT2D eigenvalue weighted by Crippen LogP contribution is 2.31. The smallest absolute Gasteiger partial charge is 0.274 e. The van der Waals surface area contributed by atoms with Gasteiger partial charge in [-0.1, -0.05) is 6.07 Å². The zero-order valence-electron chi connectivity index (χ0n) is 17.0. The molecule has 0 atom stereocenters. The van der Waals surface area contributed by atoms with Gasteiger partial charge in [0, 0.05) is 30.4 Å². The van der Waals surface area contributed by atoms with Crippen LogP contribution < -0.4 is 10.2 Å². The van der Waals surface area contributed by atoms with Gasteiger partial charge in [0.1, 0.15) is 22.8 Å². The average molecular weight is 432 g/mol. The Bertz CT molecular complexity index is 1230. The Balaban J connectivity index is 1.30. The number of fused-ring (bicyclic) bond motifs is 1. The number of benzene rings is 2. The monoisotopic (exact) mass is 431 g/mol. The number of nitrogens with one attached hydrogen (secondary N) is 1. The molecule has 1 aliphatic rings. The van der Waals surface area contributed by atoms with Crippen molar-refractivity contribution in [3.8, 4) is 10.6 Å². The Morgan fingerprint density at radius 1 is 1.06 bits per heavy atom. The van der Waals surface area contributed by atoms with E-state index in [2.05, 4.69) is 39.2 Å². The van der Waals surface area contributed by atoms with Crippen molar-refractivity contribution < 1.29 is 9.53 Å². The van der Waals surface area contributed by atoms with Crippen LogP contribution in [-0.4, -0.2) is 47.2 Å². The van der Waals surface area contributed by atoms with Crippen molar-refractivity contribution in [2.75, 3.05) is 36.5 Å². The van der Waals surface area contributed by atoms with Crippen molar-refractivity contribution >= 4 is 39.0 Å². The summed E-state index contributed by atoms with van der Waals surface area (Å²) in [4.78, 5) is 27.9. The summed E-state index contributed by atoms with van der Waals surface area (Å²) in [6.07, 6.45) is 1.43. The van der Waals surface area contributed by atoms with Crippen LogP contribution in [0.25, 0.3) is 20.8 Å². The van der Waals surface area contributed by atoms with Gasteiger partial charge in [-0.3, -0.25) is 4.79 Å². The fourth-order valence-corrected chi connectivity index (χ4v) is 4.55. The summed E-state index contributed by atoms with van der Waals surface area (Å²) in [7, 11) is 0. The Hall–Kier alpha value is -3.36. The molecule has 1 N–H and O–H groups in total. The van der Waals surface area contributed by atoms with Crippen LogP contribution in [0.15, 0.2) is 54.9 Å². The lowest BCUT2D eigenvalue weighted by atomic mass is 10.2. The molecule has 1 saturated heterocycles. The Kier molecular flexibility index (Phi) is 5.31. The fourth-order valence-electron chi connectivity index (χ4n) is 3.48. The molecule has 1 aliphatic heterocycles. The van der Waals surface area contributed by atoms with Gasteiger partial charge in [0.2, 0.25) is 0 Å². The maximum atomic E-state index is 12.7. The van der Waals surface area contributed by atoms with Crippen LogP contribution in [0, 0.1) is 6.92 Å². The van der Waals surface area contributed by atoms with Gasteiger partial charge in [0.15, 0.2) is 0 Å². The maximum Gasteiger partial charge on any atom is 0.274 e. The zero-order chi connectivity index (χ0) is 21.2. The highest BCUT2D eigenvalue weighted by Gasteiger charge is 2.16. The number of rotatable bonds is 4. The number of anilines is 2. The van der Waals surface area contributed by atoms with Crippen LogP contribution in [0.2, 0.25) is 0 Å². The summed E-state index contributed by atoms with van der Waals surface area (Å²) in [5.74, 6) is 0.477. The van der Waals surface area contributed by atoms with Gasteiger partial charge in [-0.15, -0.1) is 11.3 Å². The van der Waals surface area contributed by atoms with Crippen molar-refractivity contribution in [2.45, 2.75) is 6.92 Å². The Labute approximate surface area is 183 Å². The first-order valence-electron chi connectivity index (χ1n) is 10.1. The molecule has 2 aromatic carbocycles. The first kappa shape index (κ1) is 19.6. The number of carbonyl (C=O) groups excluding carboxylic acids is 1. The fraction of sp³-hybridized carbons (Fsp3) is 0.217. The van der Waals surface area contributed by atoms with Crippen LogP contribution in [0.5, 0.6) is 0 Å². The molecule has 0 bridgehead atoms. The molecule has 156 valence electrons. The van der Waals surface area contributed by atoms with Gasteiger partial charge in [-0.25, -0.2) is 15.0 Å². The highest BCUT2D eigenvalue weighted by molar-refractivity contribution is 7.21. The second kappa shape index (κ2) is 8.41. The molecule has 5 rings (SSSR count). The summed E-state index contributed by atoms with van der Waals surface area (Å²) in [5.41, 5.74) is 4.29. The number of morpholine rings is 1. The molecule has 0 spiro atoms. The lowest BCUT2D eigenvalue weighted by Gasteiger charge is -2.27. The summed E-state index contributed by atoms with van der Waals surface area (Å²) in [5, 5.41) is 3.87. The molecular formula is C23H21N5O2S. The highest BCUT2D eigenvalue weighted by atomic mass is 32.1. The van der Waals surface area contributed by atoms with Crippen molar-refractivity contribution in [1.29, 1.82) is 0 Å². The summed E-state index contributed by atoms with van der Waals surface area (Å²) >= 11 is 1.67. The maximum absolute atomic E-state index is 12.7. The summed E-state index contributed by atoms with van der Waals surface area (Å²) < 4.78 is 6.55. The molecule has 0 radical (unpaired) electrons. The number of nitrogens with zero attached hydrogens (tertiary/aromatic N) is 4. The van der Waals surface area contributed by atoms with E-state index in [0.717, 1.165) is 35.0 Å². The van der Waals surface area contributed by atoms with Gasteiger partial charge in [0.25, 0.3) is 5.91 Å². The SMILES string of the molecule is Cc1ccc2nc(-c3ccc(NC(=O)c4cc(N5CCOCC5)ncn4)cc3)sc2c1. The van der Waals surface area contributed by atoms with Gasteiger partial charge < -0.3 is 15.0 Å². The second-order valence-electron chi connectivity index (χ2n) is 7.38. The van der Waals surface area contributed by atoms with E-state index < -0.39 is 0 Å².